The van der Waals surface area contributed by atoms with E-state index in [0.29, 0.717) is 28.5 Å². The molecule has 5 rings (SSSR count). The number of amides is 2. The van der Waals surface area contributed by atoms with Gasteiger partial charge in [-0.1, -0.05) is 6.07 Å². The van der Waals surface area contributed by atoms with Crippen molar-refractivity contribution < 1.29 is 9.59 Å². The number of pyridine rings is 2. The molecule has 1 aliphatic carbocycles. The predicted molar refractivity (Wildman–Crippen MR) is 126 cm³/mol. The third kappa shape index (κ3) is 4.54. The number of hydrogen-bond donors (Lipinski definition) is 2. The number of carbonyl (C=O) groups excluding carboxylic acids is 2. The van der Waals surface area contributed by atoms with Gasteiger partial charge in [0.25, 0.3) is 11.8 Å². The average molecular weight is 459 g/mol. The summed E-state index contributed by atoms with van der Waals surface area (Å²) < 4.78 is 1.68. The number of aromatic nitrogens is 4. The summed E-state index contributed by atoms with van der Waals surface area (Å²) in [7, 11) is 0. The molecule has 0 atom stereocenters. The zero-order chi connectivity index (χ0) is 22.6. The molecule has 4 aromatic heterocycles. The lowest BCUT2D eigenvalue weighted by atomic mass is 9.95. The van der Waals surface area contributed by atoms with Crippen LogP contribution in [0, 0.1) is 0 Å². The first-order valence-corrected chi connectivity index (χ1v) is 11.6. The van der Waals surface area contributed by atoms with Crippen LogP contribution in [0.4, 0.5) is 5.00 Å². The molecule has 2 amide bonds. The van der Waals surface area contributed by atoms with Crippen molar-refractivity contribution in [3.8, 4) is 5.82 Å². The number of fused-ring (bicyclic) bond motifs is 1. The molecule has 1 aliphatic rings. The van der Waals surface area contributed by atoms with Crippen LogP contribution in [0.1, 0.15) is 49.6 Å². The number of carbonyl (C=O) groups is 2. The quantitative estimate of drug-likeness (QED) is 0.458. The second-order valence-corrected chi connectivity index (χ2v) is 8.87. The Kier molecular flexibility index (Phi) is 5.95. The molecule has 0 saturated heterocycles. The van der Waals surface area contributed by atoms with Gasteiger partial charge in [-0.3, -0.25) is 14.6 Å². The second kappa shape index (κ2) is 9.33. The van der Waals surface area contributed by atoms with Gasteiger partial charge < -0.3 is 10.6 Å². The molecule has 4 aromatic rings. The minimum absolute atomic E-state index is 0.188. The summed E-state index contributed by atoms with van der Waals surface area (Å²) in [5.41, 5.74) is 2.97. The van der Waals surface area contributed by atoms with Crippen LogP contribution < -0.4 is 10.6 Å². The van der Waals surface area contributed by atoms with Crippen molar-refractivity contribution in [3.05, 3.63) is 88.4 Å². The summed E-state index contributed by atoms with van der Waals surface area (Å²) in [6.45, 7) is 0.339. The first kappa shape index (κ1) is 21.0. The van der Waals surface area contributed by atoms with E-state index in [9.17, 15) is 9.59 Å². The van der Waals surface area contributed by atoms with E-state index in [2.05, 4.69) is 25.7 Å². The van der Waals surface area contributed by atoms with Gasteiger partial charge >= 0.3 is 0 Å². The van der Waals surface area contributed by atoms with Crippen LogP contribution in [0.25, 0.3) is 5.82 Å². The molecule has 4 heterocycles. The molecule has 8 nitrogen and oxygen atoms in total. The lowest BCUT2D eigenvalue weighted by molar-refractivity contribution is 0.0951. The van der Waals surface area contributed by atoms with Gasteiger partial charge in [0.05, 0.1) is 11.1 Å². The van der Waals surface area contributed by atoms with Crippen molar-refractivity contribution in [2.45, 2.75) is 32.2 Å². The maximum absolute atomic E-state index is 13.2. The number of hydrogen-bond acceptors (Lipinski definition) is 6. The zero-order valence-electron chi connectivity index (χ0n) is 17.8. The molecule has 0 bridgehead atoms. The third-order valence-electron chi connectivity index (χ3n) is 5.55. The van der Waals surface area contributed by atoms with E-state index >= 15 is 0 Å². The van der Waals surface area contributed by atoms with E-state index in [1.54, 1.807) is 35.4 Å². The normalized spacial score (nSPS) is 12.7. The number of rotatable bonds is 6. The summed E-state index contributed by atoms with van der Waals surface area (Å²) >= 11 is 1.50. The minimum atomic E-state index is -0.269. The summed E-state index contributed by atoms with van der Waals surface area (Å²) in [6, 6.07) is 9.03. The molecular formula is C24H22N6O2S. The van der Waals surface area contributed by atoms with Crippen LogP contribution in [0.5, 0.6) is 0 Å². The third-order valence-corrected chi connectivity index (χ3v) is 6.76. The highest BCUT2D eigenvalue weighted by molar-refractivity contribution is 7.17. The van der Waals surface area contributed by atoms with Crippen molar-refractivity contribution in [1.29, 1.82) is 0 Å². The fourth-order valence-electron chi connectivity index (χ4n) is 3.90. The SMILES string of the molecule is O=C(Nc1sc2c(c1C(=O)NCc1ccc(-n3cccn3)nc1)CCCC2)c1cccnc1. The molecule has 0 saturated carbocycles. The Morgan fingerprint density at radius 3 is 2.70 bits per heavy atom. The van der Waals surface area contributed by atoms with Gasteiger partial charge in [-0.2, -0.15) is 5.10 Å². The highest BCUT2D eigenvalue weighted by Crippen LogP contribution is 2.38. The molecule has 0 aliphatic heterocycles. The fraction of sp³-hybridized carbons (Fsp3) is 0.208. The smallest absolute Gasteiger partial charge is 0.257 e. The second-order valence-electron chi connectivity index (χ2n) is 7.77. The Balaban J connectivity index is 1.33. The van der Waals surface area contributed by atoms with E-state index in [-0.39, 0.29) is 11.8 Å². The minimum Gasteiger partial charge on any atom is -0.348 e. The first-order valence-electron chi connectivity index (χ1n) is 10.8. The molecule has 166 valence electrons. The van der Waals surface area contributed by atoms with Crippen molar-refractivity contribution >= 4 is 28.2 Å². The Labute approximate surface area is 194 Å². The first-order chi connectivity index (χ1) is 16.2. The largest absolute Gasteiger partial charge is 0.348 e. The molecule has 0 unspecified atom stereocenters. The van der Waals surface area contributed by atoms with E-state index in [4.69, 9.17) is 0 Å². The zero-order valence-corrected chi connectivity index (χ0v) is 18.6. The van der Waals surface area contributed by atoms with Gasteiger partial charge in [0, 0.05) is 42.4 Å². The van der Waals surface area contributed by atoms with Crippen LogP contribution in [0.3, 0.4) is 0 Å². The van der Waals surface area contributed by atoms with Crippen molar-refractivity contribution in [2.75, 3.05) is 5.32 Å². The lowest BCUT2D eigenvalue weighted by Gasteiger charge is -2.13. The maximum atomic E-state index is 13.2. The lowest BCUT2D eigenvalue weighted by Crippen LogP contribution is -2.25. The topological polar surface area (TPSA) is 102 Å². The molecule has 33 heavy (non-hydrogen) atoms. The Morgan fingerprint density at radius 1 is 1.03 bits per heavy atom. The monoisotopic (exact) mass is 458 g/mol. The van der Waals surface area contributed by atoms with Gasteiger partial charge in [-0.25, -0.2) is 9.67 Å². The van der Waals surface area contributed by atoms with E-state index in [0.717, 1.165) is 36.8 Å². The number of anilines is 1. The number of aryl methyl sites for hydroxylation is 1. The van der Waals surface area contributed by atoms with E-state index in [1.165, 1.54) is 22.4 Å². The molecule has 9 heteroatoms. The van der Waals surface area contributed by atoms with E-state index < -0.39 is 0 Å². The molecule has 0 fully saturated rings. The van der Waals surface area contributed by atoms with Gasteiger partial charge in [0.15, 0.2) is 5.82 Å². The van der Waals surface area contributed by atoms with Crippen LogP contribution >= 0.6 is 11.3 Å². The van der Waals surface area contributed by atoms with Crippen molar-refractivity contribution in [1.82, 2.24) is 25.1 Å². The number of nitrogens with zero attached hydrogens (tertiary/aromatic N) is 4. The van der Waals surface area contributed by atoms with E-state index in [1.807, 2.05) is 24.4 Å². The maximum Gasteiger partial charge on any atom is 0.257 e. The van der Waals surface area contributed by atoms with Crippen LogP contribution in [0.15, 0.2) is 61.3 Å². The van der Waals surface area contributed by atoms with Gasteiger partial charge in [0.2, 0.25) is 0 Å². The molecular weight excluding hydrogens is 436 g/mol. The predicted octanol–water partition coefficient (Wildman–Crippen LogP) is 3.78. The van der Waals surface area contributed by atoms with Crippen LogP contribution in [-0.2, 0) is 19.4 Å². The number of nitrogens with one attached hydrogen (secondary N) is 2. The molecule has 0 spiro atoms. The number of thiophene rings is 1. The highest BCUT2D eigenvalue weighted by atomic mass is 32.1. The summed E-state index contributed by atoms with van der Waals surface area (Å²) in [5, 5.41) is 10.7. The van der Waals surface area contributed by atoms with Gasteiger partial charge in [0.1, 0.15) is 5.00 Å². The average Bonchev–Trinajstić information content (AvgIpc) is 3.51. The van der Waals surface area contributed by atoms with Crippen LogP contribution in [0.2, 0.25) is 0 Å². The van der Waals surface area contributed by atoms with Gasteiger partial charge in [-0.15, -0.1) is 11.3 Å². The van der Waals surface area contributed by atoms with Crippen molar-refractivity contribution in [2.24, 2.45) is 0 Å². The fourth-order valence-corrected chi connectivity index (χ4v) is 5.18. The summed E-state index contributed by atoms with van der Waals surface area (Å²) in [5.74, 6) is 0.253. The van der Waals surface area contributed by atoms with Crippen LogP contribution in [-0.4, -0.2) is 31.6 Å². The molecule has 0 radical (unpaired) electrons. The van der Waals surface area contributed by atoms with Gasteiger partial charge in [-0.05, 0) is 61.1 Å². The summed E-state index contributed by atoms with van der Waals surface area (Å²) in [4.78, 5) is 35.6. The molecule has 0 aromatic carbocycles. The Morgan fingerprint density at radius 2 is 1.94 bits per heavy atom. The highest BCUT2D eigenvalue weighted by Gasteiger charge is 2.26. The van der Waals surface area contributed by atoms with Crippen molar-refractivity contribution in [3.63, 3.8) is 0 Å². The molecule has 2 N–H and O–H groups in total. The standard InChI is InChI=1S/C24H22N6O2S/c31-22(17-5-3-10-25-15-17)29-24-21(18-6-1-2-7-19(18)33-24)23(32)27-14-16-8-9-20(26-13-16)30-12-4-11-28-30/h3-5,8-13,15H,1-2,6-7,14H2,(H,27,32)(H,29,31). The Hall–Kier alpha value is -3.85. The summed E-state index contributed by atoms with van der Waals surface area (Å²) in [6.07, 6.45) is 12.3. The Bertz CT molecular complexity index is 1270.